The van der Waals surface area contributed by atoms with Crippen LogP contribution in [0.25, 0.3) is 0 Å². The van der Waals surface area contributed by atoms with Gasteiger partial charge in [-0.3, -0.25) is 14.9 Å². The van der Waals surface area contributed by atoms with E-state index in [1.807, 2.05) is 24.4 Å². The molecule has 6 nitrogen and oxygen atoms in total. The molecule has 0 aliphatic heterocycles. The molecule has 0 bridgehead atoms. The normalized spacial score (nSPS) is 10.6. The molecule has 0 unspecified atom stereocenters. The van der Waals surface area contributed by atoms with Gasteiger partial charge in [0.15, 0.2) is 0 Å². The number of rotatable bonds is 6. The fraction of sp³-hybridized carbons (Fsp3) is 0.158. The van der Waals surface area contributed by atoms with Crippen molar-refractivity contribution in [3.63, 3.8) is 0 Å². The first-order valence-corrected chi connectivity index (χ1v) is 9.99. The highest BCUT2D eigenvalue weighted by molar-refractivity contribution is 7.98. The second-order valence-electron chi connectivity index (χ2n) is 5.88. The van der Waals surface area contributed by atoms with E-state index in [4.69, 9.17) is 0 Å². The van der Waals surface area contributed by atoms with E-state index in [0.717, 1.165) is 26.9 Å². The Morgan fingerprint density at radius 3 is 2.59 bits per heavy atom. The molecule has 2 aromatic carbocycles. The largest absolute Gasteiger partial charge is 0.321 e. The third-order valence-corrected chi connectivity index (χ3v) is 5.72. The standard InChI is InChI=1S/C19H17N3O3S2/c1-12-3-6-16(22(24)25)9-18(12)21-19(23)14-4-7-17(8-5-14)27-11-15-10-26-13(2)20-15/h3-10H,11H2,1-2H3,(H,21,23). The number of amides is 1. The van der Waals surface area contributed by atoms with Crippen LogP contribution in [-0.2, 0) is 5.75 Å². The van der Waals surface area contributed by atoms with Crippen LogP contribution in [0.15, 0.2) is 52.7 Å². The van der Waals surface area contributed by atoms with Gasteiger partial charge < -0.3 is 5.32 Å². The highest BCUT2D eigenvalue weighted by atomic mass is 32.2. The van der Waals surface area contributed by atoms with Gasteiger partial charge in [0, 0.05) is 33.7 Å². The van der Waals surface area contributed by atoms with Crippen LogP contribution >= 0.6 is 23.1 Å². The van der Waals surface area contributed by atoms with Gasteiger partial charge in [0.25, 0.3) is 11.6 Å². The molecular formula is C19H17N3O3S2. The van der Waals surface area contributed by atoms with E-state index in [0.29, 0.717) is 11.3 Å². The zero-order valence-electron chi connectivity index (χ0n) is 14.8. The maximum atomic E-state index is 12.4. The summed E-state index contributed by atoms with van der Waals surface area (Å²) in [6.07, 6.45) is 0. The SMILES string of the molecule is Cc1nc(CSc2ccc(C(=O)Nc3cc([N+](=O)[O-])ccc3C)cc2)cs1. The highest BCUT2D eigenvalue weighted by Gasteiger charge is 2.12. The molecule has 0 aliphatic carbocycles. The third kappa shape index (κ3) is 4.93. The van der Waals surface area contributed by atoms with Crippen LogP contribution < -0.4 is 5.32 Å². The van der Waals surface area contributed by atoms with Crippen LogP contribution in [0.4, 0.5) is 11.4 Å². The maximum Gasteiger partial charge on any atom is 0.271 e. The van der Waals surface area contributed by atoms with Gasteiger partial charge >= 0.3 is 0 Å². The Balaban J connectivity index is 1.65. The number of nitro groups is 1. The van der Waals surface area contributed by atoms with E-state index in [2.05, 4.69) is 10.3 Å². The number of carbonyl (C=O) groups is 1. The molecule has 0 saturated carbocycles. The number of nitro benzene ring substituents is 1. The monoisotopic (exact) mass is 399 g/mol. The van der Waals surface area contributed by atoms with Crippen LogP contribution in [0, 0.1) is 24.0 Å². The highest BCUT2D eigenvalue weighted by Crippen LogP contribution is 2.25. The van der Waals surface area contributed by atoms with Crippen LogP contribution in [-0.4, -0.2) is 15.8 Å². The quantitative estimate of drug-likeness (QED) is 0.349. The van der Waals surface area contributed by atoms with Crippen LogP contribution in [0.3, 0.4) is 0 Å². The average Bonchev–Trinajstić information content (AvgIpc) is 3.07. The lowest BCUT2D eigenvalue weighted by Crippen LogP contribution is -2.12. The van der Waals surface area contributed by atoms with Gasteiger partial charge in [0.1, 0.15) is 0 Å². The van der Waals surface area contributed by atoms with E-state index in [-0.39, 0.29) is 11.6 Å². The summed E-state index contributed by atoms with van der Waals surface area (Å²) in [7, 11) is 0. The molecule has 1 N–H and O–H groups in total. The number of carbonyl (C=O) groups excluding carboxylic acids is 1. The summed E-state index contributed by atoms with van der Waals surface area (Å²) < 4.78 is 0. The van der Waals surface area contributed by atoms with Gasteiger partial charge in [-0.1, -0.05) is 6.07 Å². The molecule has 8 heteroatoms. The van der Waals surface area contributed by atoms with E-state index >= 15 is 0 Å². The van der Waals surface area contributed by atoms with E-state index in [1.54, 1.807) is 48.2 Å². The molecule has 138 valence electrons. The maximum absolute atomic E-state index is 12.4. The van der Waals surface area contributed by atoms with Gasteiger partial charge in [-0.25, -0.2) is 4.98 Å². The summed E-state index contributed by atoms with van der Waals surface area (Å²) in [5.74, 6) is 0.480. The van der Waals surface area contributed by atoms with Gasteiger partial charge in [0.05, 0.1) is 21.3 Å². The lowest BCUT2D eigenvalue weighted by atomic mass is 10.1. The van der Waals surface area contributed by atoms with Gasteiger partial charge in [-0.05, 0) is 43.7 Å². The summed E-state index contributed by atoms with van der Waals surface area (Å²) in [6, 6.07) is 11.7. The minimum Gasteiger partial charge on any atom is -0.321 e. The number of benzene rings is 2. The number of aromatic nitrogens is 1. The molecule has 0 atom stereocenters. The molecule has 0 aliphatic rings. The molecule has 3 aromatic rings. The van der Waals surface area contributed by atoms with Crippen LogP contribution in [0.1, 0.15) is 26.6 Å². The number of thiazole rings is 1. The first-order chi connectivity index (χ1) is 12.9. The average molecular weight is 399 g/mol. The number of non-ortho nitro benzene ring substituents is 1. The Labute approximate surface area is 164 Å². The van der Waals surface area contributed by atoms with Crippen molar-refractivity contribution in [1.29, 1.82) is 0 Å². The Bertz CT molecular complexity index is 984. The molecule has 27 heavy (non-hydrogen) atoms. The van der Waals surface area contributed by atoms with Gasteiger partial charge in [0.2, 0.25) is 0 Å². The summed E-state index contributed by atoms with van der Waals surface area (Å²) >= 11 is 3.29. The number of thioether (sulfide) groups is 1. The van der Waals surface area contributed by atoms with Crippen LogP contribution in [0.5, 0.6) is 0 Å². The third-order valence-electron chi connectivity index (χ3n) is 3.85. The van der Waals surface area contributed by atoms with Crippen molar-refractivity contribution >= 4 is 40.4 Å². The van der Waals surface area contributed by atoms with Crippen molar-refractivity contribution in [3.05, 3.63) is 79.8 Å². The molecular weight excluding hydrogens is 382 g/mol. The molecule has 3 rings (SSSR count). The van der Waals surface area contributed by atoms with Gasteiger partial charge in [-0.2, -0.15) is 0 Å². The first kappa shape index (κ1) is 19.1. The summed E-state index contributed by atoms with van der Waals surface area (Å²) in [4.78, 5) is 28.3. The topological polar surface area (TPSA) is 85.1 Å². The molecule has 1 heterocycles. The lowest BCUT2D eigenvalue weighted by molar-refractivity contribution is -0.384. The molecule has 1 aromatic heterocycles. The Hall–Kier alpha value is -2.71. The summed E-state index contributed by atoms with van der Waals surface area (Å²) in [6.45, 7) is 3.77. The minimum atomic E-state index is -0.481. The fourth-order valence-corrected chi connectivity index (χ4v) is 3.90. The number of aryl methyl sites for hydroxylation is 2. The second-order valence-corrected chi connectivity index (χ2v) is 7.99. The van der Waals surface area contributed by atoms with Crippen molar-refractivity contribution in [1.82, 2.24) is 4.98 Å². The zero-order valence-corrected chi connectivity index (χ0v) is 16.4. The van der Waals surface area contributed by atoms with Crippen molar-refractivity contribution in [3.8, 4) is 0 Å². The fourth-order valence-electron chi connectivity index (χ4n) is 2.39. The van der Waals surface area contributed by atoms with Crippen molar-refractivity contribution < 1.29 is 9.72 Å². The molecule has 0 fully saturated rings. The minimum absolute atomic E-state index is 0.0556. The number of anilines is 1. The predicted octanol–water partition coefficient (Wildman–Crippen LogP) is 5.21. The Morgan fingerprint density at radius 2 is 1.96 bits per heavy atom. The van der Waals surface area contributed by atoms with Gasteiger partial charge in [-0.15, -0.1) is 23.1 Å². The molecule has 1 amide bonds. The summed E-state index contributed by atoms with van der Waals surface area (Å²) in [5.41, 5.74) is 2.69. The van der Waals surface area contributed by atoms with Crippen molar-refractivity contribution in [2.45, 2.75) is 24.5 Å². The smallest absolute Gasteiger partial charge is 0.271 e. The molecule has 0 spiro atoms. The molecule has 0 radical (unpaired) electrons. The number of hydrogen-bond donors (Lipinski definition) is 1. The zero-order chi connectivity index (χ0) is 19.4. The van der Waals surface area contributed by atoms with E-state index in [1.165, 1.54) is 12.1 Å². The van der Waals surface area contributed by atoms with E-state index in [9.17, 15) is 14.9 Å². The predicted molar refractivity (Wildman–Crippen MR) is 109 cm³/mol. The van der Waals surface area contributed by atoms with E-state index < -0.39 is 4.92 Å². The van der Waals surface area contributed by atoms with Crippen LogP contribution in [0.2, 0.25) is 0 Å². The van der Waals surface area contributed by atoms with Crippen molar-refractivity contribution in [2.24, 2.45) is 0 Å². The van der Waals surface area contributed by atoms with Crippen molar-refractivity contribution in [2.75, 3.05) is 5.32 Å². The Morgan fingerprint density at radius 1 is 1.22 bits per heavy atom. The number of nitrogens with one attached hydrogen (secondary N) is 1. The second kappa shape index (κ2) is 8.32. The number of nitrogens with zero attached hydrogens (tertiary/aromatic N) is 2. The lowest BCUT2D eigenvalue weighted by Gasteiger charge is -2.09. The summed E-state index contributed by atoms with van der Waals surface area (Å²) in [5, 5.41) is 16.8. The number of hydrogen-bond acceptors (Lipinski definition) is 6. The molecule has 0 saturated heterocycles. The first-order valence-electron chi connectivity index (χ1n) is 8.12. The Kier molecular flexibility index (Phi) is 5.88.